The van der Waals surface area contributed by atoms with Gasteiger partial charge < -0.3 is 10.0 Å². The lowest BCUT2D eigenvalue weighted by Gasteiger charge is -2.26. The topological polar surface area (TPSA) is 83.4 Å². The van der Waals surface area contributed by atoms with Crippen molar-refractivity contribution in [2.24, 2.45) is 0 Å². The molecule has 7 heteroatoms. The number of nitrogens with zero attached hydrogens (tertiary/aromatic N) is 3. The summed E-state index contributed by atoms with van der Waals surface area (Å²) in [5.74, 6) is -1.46. The van der Waals surface area contributed by atoms with Gasteiger partial charge >= 0.3 is 5.97 Å². The fourth-order valence-electron chi connectivity index (χ4n) is 1.97. The van der Waals surface area contributed by atoms with Crippen molar-refractivity contribution >= 4 is 27.8 Å². The second-order valence-corrected chi connectivity index (χ2v) is 6.16. The first-order valence-electron chi connectivity index (χ1n) is 6.99. The van der Waals surface area contributed by atoms with E-state index in [4.69, 9.17) is 5.11 Å². The summed E-state index contributed by atoms with van der Waals surface area (Å²) in [5.41, 5.74) is 0.928. The largest absolute Gasteiger partial charge is 0.476 e. The molecule has 1 aromatic carbocycles. The summed E-state index contributed by atoms with van der Waals surface area (Å²) in [7, 11) is 0. The molecule has 1 aromatic heterocycles. The number of hydrogen-bond donors (Lipinski definition) is 1. The molecular formula is C16H16BrN3O3. The van der Waals surface area contributed by atoms with E-state index < -0.39 is 5.97 Å². The van der Waals surface area contributed by atoms with Gasteiger partial charge in [0.05, 0.1) is 12.4 Å². The minimum Gasteiger partial charge on any atom is -0.476 e. The number of halogens is 1. The molecule has 0 unspecified atom stereocenters. The molecule has 0 saturated carbocycles. The number of benzene rings is 1. The van der Waals surface area contributed by atoms with E-state index in [0.717, 1.165) is 16.2 Å². The third-order valence-corrected chi connectivity index (χ3v) is 3.77. The average Bonchev–Trinajstić information content (AvgIpc) is 2.53. The van der Waals surface area contributed by atoms with E-state index in [1.54, 1.807) is 4.90 Å². The highest BCUT2D eigenvalue weighted by molar-refractivity contribution is 9.10. The molecule has 2 rings (SSSR count). The predicted octanol–water partition coefficient (Wildman–Crippen LogP) is 2.99. The molecule has 23 heavy (non-hydrogen) atoms. The third kappa shape index (κ3) is 4.35. The van der Waals surface area contributed by atoms with Crippen molar-refractivity contribution in [1.82, 2.24) is 14.9 Å². The van der Waals surface area contributed by atoms with Crippen molar-refractivity contribution in [2.45, 2.75) is 26.4 Å². The van der Waals surface area contributed by atoms with Gasteiger partial charge in [0.1, 0.15) is 5.69 Å². The maximum absolute atomic E-state index is 12.6. The normalized spacial score (nSPS) is 10.6. The molecule has 0 radical (unpaired) electrons. The molecule has 0 saturated heterocycles. The van der Waals surface area contributed by atoms with Crippen LogP contribution in [0.1, 0.15) is 40.4 Å². The molecule has 1 amide bonds. The summed E-state index contributed by atoms with van der Waals surface area (Å²) in [6.07, 6.45) is 2.29. The Balaban J connectivity index is 2.21. The summed E-state index contributed by atoms with van der Waals surface area (Å²) in [6.45, 7) is 4.26. The van der Waals surface area contributed by atoms with Gasteiger partial charge in [0, 0.05) is 17.1 Å². The van der Waals surface area contributed by atoms with Gasteiger partial charge in [-0.25, -0.2) is 14.8 Å². The van der Waals surface area contributed by atoms with Crippen LogP contribution in [0.25, 0.3) is 0 Å². The van der Waals surface area contributed by atoms with Crippen LogP contribution in [0.4, 0.5) is 0 Å². The van der Waals surface area contributed by atoms with Crippen LogP contribution in [-0.2, 0) is 6.54 Å². The molecule has 1 N–H and O–H groups in total. The van der Waals surface area contributed by atoms with Crippen LogP contribution in [0.3, 0.4) is 0 Å². The Morgan fingerprint density at radius 2 is 1.70 bits per heavy atom. The van der Waals surface area contributed by atoms with E-state index in [1.807, 2.05) is 38.1 Å². The number of aromatic carboxylic acids is 1. The van der Waals surface area contributed by atoms with Crippen molar-refractivity contribution in [3.05, 3.63) is 58.1 Å². The monoisotopic (exact) mass is 377 g/mol. The fourth-order valence-corrected chi connectivity index (χ4v) is 2.24. The number of rotatable bonds is 5. The van der Waals surface area contributed by atoms with Gasteiger partial charge in [0.25, 0.3) is 5.91 Å². The zero-order chi connectivity index (χ0) is 17.0. The molecule has 1 heterocycles. The lowest BCUT2D eigenvalue weighted by molar-refractivity contribution is 0.0669. The molecule has 0 aliphatic carbocycles. The van der Waals surface area contributed by atoms with Crippen LogP contribution in [0.5, 0.6) is 0 Å². The highest BCUT2D eigenvalue weighted by atomic mass is 79.9. The fraction of sp³-hybridized carbons (Fsp3) is 0.250. The SMILES string of the molecule is CC(C)N(Cc1ccc(Br)cc1)C(=O)c1cnc(C(=O)O)cn1. The van der Waals surface area contributed by atoms with Gasteiger partial charge in [0.2, 0.25) is 0 Å². The van der Waals surface area contributed by atoms with E-state index in [1.165, 1.54) is 6.20 Å². The van der Waals surface area contributed by atoms with Crippen LogP contribution in [0, 0.1) is 0 Å². The molecule has 6 nitrogen and oxygen atoms in total. The molecule has 0 aliphatic heterocycles. The number of carbonyl (C=O) groups excluding carboxylic acids is 1. The average molecular weight is 378 g/mol. The highest BCUT2D eigenvalue weighted by Gasteiger charge is 2.21. The molecule has 2 aromatic rings. The molecule has 120 valence electrons. The third-order valence-electron chi connectivity index (χ3n) is 3.24. The number of amides is 1. The molecular weight excluding hydrogens is 362 g/mol. The summed E-state index contributed by atoms with van der Waals surface area (Å²) in [5, 5.41) is 8.83. The number of carbonyl (C=O) groups is 2. The molecule has 0 spiro atoms. The Bertz CT molecular complexity index is 700. The van der Waals surface area contributed by atoms with Crippen molar-refractivity contribution in [3.8, 4) is 0 Å². The lowest BCUT2D eigenvalue weighted by atomic mass is 10.1. The smallest absolute Gasteiger partial charge is 0.356 e. The van der Waals surface area contributed by atoms with E-state index in [0.29, 0.717) is 6.54 Å². The minimum atomic E-state index is -1.17. The zero-order valence-electron chi connectivity index (χ0n) is 12.7. The van der Waals surface area contributed by atoms with E-state index in [2.05, 4.69) is 25.9 Å². The zero-order valence-corrected chi connectivity index (χ0v) is 14.3. The van der Waals surface area contributed by atoms with Gasteiger partial charge in [-0.15, -0.1) is 0 Å². The molecule has 0 bridgehead atoms. The van der Waals surface area contributed by atoms with Crippen molar-refractivity contribution in [2.75, 3.05) is 0 Å². The van der Waals surface area contributed by atoms with Crippen LogP contribution >= 0.6 is 15.9 Å². The first-order valence-corrected chi connectivity index (χ1v) is 7.78. The van der Waals surface area contributed by atoms with Crippen molar-refractivity contribution in [1.29, 1.82) is 0 Å². The Morgan fingerprint density at radius 1 is 1.13 bits per heavy atom. The highest BCUT2D eigenvalue weighted by Crippen LogP contribution is 2.15. The first kappa shape index (κ1) is 17.1. The van der Waals surface area contributed by atoms with E-state index in [-0.39, 0.29) is 23.3 Å². The van der Waals surface area contributed by atoms with Crippen LogP contribution in [0.15, 0.2) is 41.1 Å². The van der Waals surface area contributed by atoms with E-state index >= 15 is 0 Å². The number of carboxylic acid groups (broad SMARTS) is 1. The number of carboxylic acids is 1. The Labute approximate surface area is 142 Å². The summed E-state index contributed by atoms with van der Waals surface area (Å²) in [6, 6.07) is 7.67. The quantitative estimate of drug-likeness (QED) is 0.865. The van der Waals surface area contributed by atoms with Gasteiger partial charge in [-0.1, -0.05) is 28.1 Å². The minimum absolute atomic E-state index is 0.0351. The van der Waals surface area contributed by atoms with Gasteiger partial charge in [-0.05, 0) is 31.5 Å². The lowest BCUT2D eigenvalue weighted by Crippen LogP contribution is -2.37. The first-order chi connectivity index (χ1) is 10.9. The predicted molar refractivity (Wildman–Crippen MR) is 88.1 cm³/mol. The Kier molecular flexibility index (Phi) is 5.44. The maximum atomic E-state index is 12.6. The van der Waals surface area contributed by atoms with Gasteiger partial charge in [0.15, 0.2) is 5.69 Å². The molecule has 0 aliphatic rings. The maximum Gasteiger partial charge on any atom is 0.356 e. The van der Waals surface area contributed by atoms with Gasteiger partial charge in [-0.3, -0.25) is 4.79 Å². The second-order valence-electron chi connectivity index (χ2n) is 5.25. The van der Waals surface area contributed by atoms with Crippen LogP contribution in [0.2, 0.25) is 0 Å². The number of hydrogen-bond acceptors (Lipinski definition) is 4. The van der Waals surface area contributed by atoms with Crippen LogP contribution in [-0.4, -0.2) is 37.9 Å². The van der Waals surface area contributed by atoms with Crippen molar-refractivity contribution in [3.63, 3.8) is 0 Å². The standard InChI is InChI=1S/C16H16BrN3O3/c1-10(2)20(9-11-3-5-12(17)6-4-11)15(21)13-7-19-14(8-18-13)16(22)23/h3-8,10H,9H2,1-2H3,(H,22,23). The van der Waals surface area contributed by atoms with Crippen molar-refractivity contribution < 1.29 is 14.7 Å². The molecule has 0 atom stereocenters. The van der Waals surface area contributed by atoms with Crippen LogP contribution < -0.4 is 0 Å². The summed E-state index contributed by atoms with van der Waals surface area (Å²) in [4.78, 5) is 32.7. The van der Waals surface area contributed by atoms with E-state index in [9.17, 15) is 9.59 Å². The summed E-state index contributed by atoms with van der Waals surface area (Å²) < 4.78 is 0.971. The van der Waals surface area contributed by atoms with Gasteiger partial charge in [-0.2, -0.15) is 0 Å². The molecule has 0 fully saturated rings. The Hall–Kier alpha value is -2.28. The summed E-state index contributed by atoms with van der Waals surface area (Å²) >= 11 is 3.38. The Morgan fingerprint density at radius 3 is 2.17 bits per heavy atom. The second kappa shape index (κ2) is 7.32. The number of aromatic nitrogens is 2.